The van der Waals surface area contributed by atoms with Crippen molar-refractivity contribution in [2.24, 2.45) is 5.41 Å². The first kappa shape index (κ1) is 9.98. The molecule has 0 aliphatic carbocycles. The molecule has 0 rings (SSSR count). The van der Waals surface area contributed by atoms with E-state index in [1.165, 1.54) is 18.2 Å². The predicted octanol–water partition coefficient (Wildman–Crippen LogP) is 2.23. The van der Waals surface area contributed by atoms with Crippen molar-refractivity contribution in [3.63, 3.8) is 0 Å². The molecule has 3 heteroatoms. The third-order valence-corrected chi connectivity index (χ3v) is 1.58. The largest absolute Gasteiger partial charge is 0.346 e. The van der Waals surface area contributed by atoms with Crippen LogP contribution in [0.5, 0.6) is 0 Å². The maximum absolute atomic E-state index is 11.0. The second kappa shape index (κ2) is 3.98. The molecule has 0 fully saturated rings. The molecule has 60 valence electrons. The van der Waals surface area contributed by atoms with Crippen LogP contribution in [0.4, 0.5) is 0 Å². The summed E-state index contributed by atoms with van der Waals surface area (Å²) in [6.07, 6.45) is 4.08. The number of carbonyl (C=O) groups is 1. The number of rotatable bonds is 4. The van der Waals surface area contributed by atoms with Gasteiger partial charge in [0.15, 0.2) is 0 Å². The van der Waals surface area contributed by atoms with Crippen molar-refractivity contribution in [1.82, 2.24) is 0 Å². The Morgan fingerprint density at radius 2 is 1.64 bits per heavy atom. The van der Waals surface area contributed by atoms with Crippen LogP contribution in [0.1, 0.15) is 0 Å². The zero-order valence-electron chi connectivity index (χ0n) is 6.05. The summed E-state index contributed by atoms with van der Waals surface area (Å²) in [5, 5.41) is 0. The standard InChI is InChI=1S/C8H9ClO2/c1-4-8(5-2,6-3)7(10)11-9/h4-6H,1-3H2. The molecular weight excluding hydrogens is 164 g/mol. The van der Waals surface area contributed by atoms with Gasteiger partial charge in [0.05, 0.1) is 0 Å². The lowest BCUT2D eigenvalue weighted by Crippen LogP contribution is -2.23. The Balaban J connectivity index is 4.81. The van der Waals surface area contributed by atoms with E-state index in [-0.39, 0.29) is 0 Å². The first-order valence-corrected chi connectivity index (χ1v) is 3.21. The molecule has 0 N–H and O–H groups in total. The second-order valence-electron chi connectivity index (χ2n) is 1.91. The Labute approximate surface area is 71.0 Å². The van der Waals surface area contributed by atoms with Crippen molar-refractivity contribution in [1.29, 1.82) is 0 Å². The van der Waals surface area contributed by atoms with Crippen LogP contribution >= 0.6 is 11.9 Å². The molecule has 0 aliphatic rings. The lowest BCUT2D eigenvalue weighted by atomic mass is 9.89. The Kier molecular flexibility index (Phi) is 3.61. The van der Waals surface area contributed by atoms with E-state index < -0.39 is 11.4 Å². The van der Waals surface area contributed by atoms with E-state index >= 15 is 0 Å². The van der Waals surface area contributed by atoms with E-state index in [9.17, 15) is 4.79 Å². The van der Waals surface area contributed by atoms with Gasteiger partial charge in [-0.25, -0.2) is 4.79 Å². The average molecular weight is 173 g/mol. The molecule has 2 nitrogen and oxygen atoms in total. The summed E-state index contributed by atoms with van der Waals surface area (Å²) in [6, 6.07) is 0. The molecule has 0 unspecified atom stereocenters. The fraction of sp³-hybridized carbons (Fsp3) is 0.125. The quantitative estimate of drug-likeness (QED) is 0.608. The van der Waals surface area contributed by atoms with Crippen molar-refractivity contribution in [2.45, 2.75) is 0 Å². The van der Waals surface area contributed by atoms with Gasteiger partial charge in [0.2, 0.25) is 0 Å². The summed E-state index contributed by atoms with van der Waals surface area (Å²) in [4.78, 5) is 11.0. The molecule has 0 saturated heterocycles. The summed E-state index contributed by atoms with van der Waals surface area (Å²) in [7, 11) is 0. The van der Waals surface area contributed by atoms with Gasteiger partial charge < -0.3 is 4.29 Å². The van der Waals surface area contributed by atoms with Crippen molar-refractivity contribution >= 4 is 17.8 Å². The van der Waals surface area contributed by atoms with Gasteiger partial charge in [0, 0.05) is 0 Å². The second-order valence-corrected chi connectivity index (χ2v) is 2.06. The van der Waals surface area contributed by atoms with Crippen molar-refractivity contribution < 1.29 is 9.08 Å². The molecule has 0 aromatic rings. The fourth-order valence-corrected chi connectivity index (χ4v) is 0.700. The molecule has 0 radical (unpaired) electrons. The monoisotopic (exact) mass is 172 g/mol. The van der Waals surface area contributed by atoms with Crippen molar-refractivity contribution in [3.8, 4) is 0 Å². The van der Waals surface area contributed by atoms with Crippen LogP contribution in [0.25, 0.3) is 0 Å². The molecule has 11 heavy (non-hydrogen) atoms. The normalized spacial score (nSPS) is 9.91. The van der Waals surface area contributed by atoms with Gasteiger partial charge in [-0.3, -0.25) is 0 Å². The number of hydrogen-bond donors (Lipinski definition) is 0. The van der Waals surface area contributed by atoms with E-state index in [2.05, 4.69) is 24.0 Å². The van der Waals surface area contributed by atoms with Crippen LogP contribution in [0.3, 0.4) is 0 Å². The van der Waals surface area contributed by atoms with Crippen LogP contribution in [0.15, 0.2) is 38.0 Å². The van der Waals surface area contributed by atoms with Gasteiger partial charge in [-0.05, 0) is 0 Å². The van der Waals surface area contributed by atoms with Gasteiger partial charge in [0.1, 0.15) is 17.3 Å². The maximum atomic E-state index is 11.0. The van der Waals surface area contributed by atoms with E-state index in [4.69, 9.17) is 11.9 Å². The predicted molar refractivity (Wildman–Crippen MR) is 45.0 cm³/mol. The van der Waals surface area contributed by atoms with E-state index in [1.54, 1.807) is 0 Å². The van der Waals surface area contributed by atoms with E-state index in [1.807, 2.05) is 0 Å². The SMILES string of the molecule is C=CC(C=C)(C=C)C(=O)OCl. The number of hydrogen-bond acceptors (Lipinski definition) is 2. The van der Waals surface area contributed by atoms with Crippen molar-refractivity contribution in [2.75, 3.05) is 0 Å². The smallest absolute Gasteiger partial charge is 0.342 e. The topological polar surface area (TPSA) is 26.3 Å². The summed E-state index contributed by atoms with van der Waals surface area (Å²) >= 11 is 4.88. The molecule has 0 bridgehead atoms. The van der Waals surface area contributed by atoms with E-state index in [0.29, 0.717) is 0 Å². The zero-order valence-corrected chi connectivity index (χ0v) is 6.80. The van der Waals surface area contributed by atoms with Crippen LogP contribution in [0, 0.1) is 5.41 Å². The molecular formula is C8H9ClO2. The highest BCUT2D eigenvalue weighted by Gasteiger charge is 2.30. The maximum Gasteiger partial charge on any atom is 0.342 e. The zero-order chi connectivity index (χ0) is 8.91. The Bertz CT molecular complexity index is 174. The van der Waals surface area contributed by atoms with Crippen LogP contribution < -0.4 is 0 Å². The Morgan fingerprint density at radius 1 is 1.27 bits per heavy atom. The third kappa shape index (κ3) is 1.71. The molecule has 0 aliphatic heterocycles. The molecule has 0 aromatic heterocycles. The fourth-order valence-electron chi connectivity index (χ4n) is 0.567. The molecule has 0 aromatic carbocycles. The highest BCUT2D eigenvalue weighted by atomic mass is 35.5. The minimum atomic E-state index is -1.07. The molecule has 0 spiro atoms. The van der Waals surface area contributed by atoms with Crippen LogP contribution in [-0.4, -0.2) is 5.97 Å². The van der Waals surface area contributed by atoms with Gasteiger partial charge in [-0.2, -0.15) is 0 Å². The first-order valence-electron chi connectivity index (χ1n) is 2.90. The van der Waals surface area contributed by atoms with Gasteiger partial charge >= 0.3 is 5.97 Å². The van der Waals surface area contributed by atoms with Gasteiger partial charge in [0.25, 0.3) is 0 Å². The summed E-state index contributed by atoms with van der Waals surface area (Å²) in [5.41, 5.74) is -1.07. The van der Waals surface area contributed by atoms with Gasteiger partial charge in [-0.15, -0.1) is 19.7 Å². The van der Waals surface area contributed by atoms with Gasteiger partial charge in [-0.1, -0.05) is 18.2 Å². The van der Waals surface area contributed by atoms with Crippen LogP contribution in [-0.2, 0) is 9.08 Å². The molecule has 0 heterocycles. The highest BCUT2D eigenvalue weighted by Crippen LogP contribution is 2.23. The number of carbonyl (C=O) groups excluding carboxylic acids is 1. The summed E-state index contributed by atoms with van der Waals surface area (Å²) < 4.78 is 4.01. The first-order chi connectivity index (χ1) is 5.16. The lowest BCUT2D eigenvalue weighted by Gasteiger charge is -2.16. The lowest BCUT2D eigenvalue weighted by molar-refractivity contribution is -0.138. The third-order valence-electron chi connectivity index (χ3n) is 1.44. The highest BCUT2D eigenvalue weighted by molar-refractivity contribution is 6.14. The summed E-state index contributed by atoms with van der Waals surface area (Å²) in [6.45, 7) is 10.3. The molecule has 0 saturated carbocycles. The number of halogens is 1. The molecule has 0 amide bonds. The minimum Gasteiger partial charge on any atom is -0.346 e. The summed E-state index contributed by atoms with van der Waals surface area (Å²) in [5.74, 6) is -0.654. The van der Waals surface area contributed by atoms with Crippen LogP contribution in [0.2, 0.25) is 0 Å². The molecule has 0 atom stereocenters. The van der Waals surface area contributed by atoms with E-state index in [0.717, 1.165) is 0 Å². The Hall–Kier alpha value is -1.02. The minimum absolute atomic E-state index is 0.654. The van der Waals surface area contributed by atoms with Crippen molar-refractivity contribution in [3.05, 3.63) is 38.0 Å². The average Bonchev–Trinajstić information content (AvgIpc) is 2.08. The Morgan fingerprint density at radius 3 is 1.73 bits per heavy atom.